The lowest BCUT2D eigenvalue weighted by Gasteiger charge is -2.11. The summed E-state index contributed by atoms with van der Waals surface area (Å²) in [4.78, 5) is 0. The summed E-state index contributed by atoms with van der Waals surface area (Å²) in [6.45, 7) is 4.16. The quantitative estimate of drug-likeness (QED) is 0.562. The topological polar surface area (TPSA) is 9.23 Å². The molecule has 1 aromatic carbocycles. The highest BCUT2D eigenvalue weighted by Gasteiger charge is 1.99. The minimum absolute atomic E-state index is 0.254. The van der Waals surface area contributed by atoms with Crippen LogP contribution in [0.25, 0.3) is 0 Å². The number of hydrogen-bond donors (Lipinski definition) is 0. The van der Waals surface area contributed by atoms with Gasteiger partial charge in [0.2, 0.25) is 0 Å². The average molecular weight is 223 g/mol. The first-order valence-electron chi connectivity index (χ1n) is 5.07. The third-order valence-corrected chi connectivity index (χ3v) is 2.20. The molecule has 0 amide bonds. The van der Waals surface area contributed by atoms with Crippen LogP contribution >= 0.6 is 11.6 Å². The zero-order chi connectivity index (χ0) is 11.1. The molecule has 0 aliphatic carbocycles. The minimum atomic E-state index is 0.254. The molecule has 2 heteroatoms. The second kappa shape index (κ2) is 6.37. The van der Waals surface area contributed by atoms with Gasteiger partial charge in [0.05, 0.1) is 12.0 Å². The molecule has 0 aliphatic heterocycles. The van der Waals surface area contributed by atoms with Crippen LogP contribution in [0.1, 0.15) is 25.8 Å². The maximum Gasteiger partial charge on any atom is 0.119 e. The fourth-order valence-electron chi connectivity index (χ4n) is 1.07. The van der Waals surface area contributed by atoms with Gasteiger partial charge in [0, 0.05) is 5.56 Å². The molecule has 0 aromatic heterocycles. The van der Waals surface area contributed by atoms with Crippen LogP contribution in [0.5, 0.6) is 5.75 Å². The molecule has 0 radical (unpaired) electrons. The van der Waals surface area contributed by atoms with Gasteiger partial charge in [-0.25, -0.2) is 0 Å². The lowest BCUT2D eigenvalue weighted by molar-refractivity contribution is 0.217. The van der Waals surface area contributed by atoms with Crippen molar-refractivity contribution < 1.29 is 4.74 Å². The summed E-state index contributed by atoms with van der Waals surface area (Å²) in [6, 6.07) is 7.75. The highest BCUT2D eigenvalue weighted by Crippen LogP contribution is 2.14. The van der Waals surface area contributed by atoms with E-state index in [1.807, 2.05) is 24.3 Å². The molecule has 0 N–H and O–H groups in total. The van der Waals surface area contributed by atoms with Crippen molar-refractivity contribution >= 4 is 11.6 Å². The lowest BCUT2D eigenvalue weighted by Crippen LogP contribution is -2.09. The van der Waals surface area contributed by atoms with E-state index in [2.05, 4.69) is 25.7 Å². The molecule has 0 saturated carbocycles. The first-order chi connectivity index (χ1) is 7.26. The van der Waals surface area contributed by atoms with Crippen molar-refractivity contribution in [1.82, 2.24) is 0 Å². The van der Waals surface area contributed by atoms with Crippen molar-refractivity contribution in [3.63, 3.8) is 0 Å². The van der Waals surface area contributed by atoms with E-state index in [9.17, 15) is 0 Å². The normalized spacial score (nSPS) is 11.4. The molecule has 1 unspecified atom stereocenters. The van der Waals surface area contributed by atoms with Gasteiger partial charge in [-0.15, -0.1) is 11.6 Å². The molecule has 0 spiro atoms. The van der Waals surface area contributed by atoms with E-state index >= 15 is 0 Å². The summed E-state index contributed by atoms with van der Waals surface area (Å²) in [5.74, 6) is 7.02. The number of halogens is 1. The second-order valence-electron chi connectivity index (χ2n) is 3.30. The third kappa shape index (κ3) is 4.27. The smallest absolute Gasteiger partial charge is 0.119 e. The Morgan fingerprint density at radius 3 is 2.53 bits per heavy atom. The van der Waals surface area contributed by atoms with Gasteiger partial charge in [0.1, 0.15) is 5.75 Å². The van der Waals surface area contributed by atoms with E-state index < -0.39 is 0 Å². The Morgan fingerprint density at radius 1 is 1.33 bits per heavy atom. The Kier molecular flexibility index (Phi) is 5.07. The molecule has 0 aliphatic rings. The third-order valence-electron chi connectivity index (χ3n) is 2.07. The molecule has 1 nitrogen and oxygen atoms in total. The van der Waals surface area contributed by atoms with Crippen LogP contribution in [0.2, 0.25) is 0 Å². The van der Waals surface area contributed by atoms with Crippen LogP contribution in [0.4, 0.5) is 0 Å². The van der Waals surface area contributed by atoms with Crippen molar-refractivity contribution in [2.24, 2.45) is 0 Å². The van der Waals surface area contributed by atoms with Gasteiger partial charge in [-0.1, -0.05) is 18.8 Å². The number of rotatable bonds is 3. The standard InChI is InChI=1S/C13H15ClO/c1-3-11(2)15-13-8-6-12(7-9-13)5-4-10-14/h6-9,11H,3,10H2,1-2H3. The highest BCUT2D eigenvalue weighted by molar-refractivity contribution is 6.19. The number of ether oxygens (including phenoxy) is 1. The molecule has 1 aromatic rings. The Bertz CT molecular complexity index is 345. The van der Waals surface area contributed by atoms with Gasteiger partial charge in [0.25, 0.3) is 0 Å². The zero-order valence-electron chi connectivity index (χ0n) is 9.09. The molecule has 0 fully saturated rings. The van der Waals surface area contributed by atoms with E-state index in [4.69, 9.17) is 16.3 Å². The van der Waals surface area contributed by atoms with E-state index in [0.29, 0.717) is 5.88 Å². The summed E-state index contributed by atoms with van der Waals surface area (Å²) in [5, 5.41) is 0. The number of hydrogen-bond acceptors (Lipinski definition) is 1. The Labute approximate surface area is 96.4 Å². The highest BCUT2D eigenvalue weighted by atomic mass is 35.5. The van der Waals surface area contributed by atoms with Gasteiger partial charge in [-0.3, -0.25) is 0 Å². The fourth-order valence-corrected chi connectivity index (χ4v) is 1.13. The molecule has 0 heterocycles. The largest absolute Gasteiger partial charge is 0.491 e. The van der Waals surface area contributed by atoms with Crippen LogP contribution in [0.3, 0.4) is 0 Å². The maximum atomic E-state index is 5.65. The molecule has 1 rings (SSSR count). The van der Waals surface area contributed by atoms with Crippen molar-refractivity contribution in [3.05, 3.63) is 29.8 Å². The zero-order valence-corrected chi connectivity index (χ0v) is 9.84. The molecular weight excluding hydrogens is 208 g/mol. The number of alkyl halides is 1. The van der Waals surface area contributed by atoms with Crippen molar-refractivity contribution in [3.8, 4) is 17.6 Å². The fraction of sp³-hybridized carbons (Fsp3) is 0.385. The SMILES string of the molecule is CCC(C)Oc1ccc(C#CCCl)cc1. The first-order valence-corrected chi connectivity index (χ1v) is 5.61. The Morgan fingerprint density at radius 2 is 2.00 bits per heavy atom. The van der Waals surface area contributed by atoms with Gasteiger partial charge < -0.3 is 4.74 Å². The summed E-state index contributed by atoms with van der Waals surface area (Å²) in [6.07, 6.45) is 1.26. The number of benzene rings is 1. The molecular formula is C13H15ClO. The monoisotopic (exact) mass is 222 g/mol. The van der Waals surface area contributed by atoms with Gasteiger partial charge in [-0.2, -0.15) is 0 Å². The van der Waals surface area contributed by atoms with Gasteiger partial charge in [-0.05, 0) is 37.6 Å². The average Bonchev–Trinajstić information content (AvgIpc) is 2.28. The summed E-state index contributed by atoms with van der Waals surface area (Å²) in [5.41, 5.74) is 0.965. The van der Waals surface area contributed by atoms with Crippen molar-refractivity contribution in [2.75, 3.05) is 5.88 Å². The molecule has 15 heavy (non-hydrogen) atoms. The molecule has 80 valence electrons. The van der Waals surface area contributed by atoms with Crippen LogP contribution in [0.15, 0.2) is 24.3 Å². The first kappa shape index (κ1) is 11.9. The van der Waals surface area contributed by atoms with Gasteiger partial charge >= 0.3 is 0 Å². The van der Waals surface area contributed by atoms with Crippen molar-refractivity contribution in [2.45, 2.75) is 26.4 Å². The van der Waals surface area contributed by atoms with E-state index in [1.165, 1.54) is 0 Å². The summed E-state index contributed by atoms with van der Waals surface area (Å²) in [7, 11) is 0. The van der Waals surface area contributed by atoms with E-state index in [0.717, 1.165) is 17.7 Å². The maximum absolute atomic E-state index is 5.65. The van der Waals surface area contributed by atoms with Gasteiger partial charge in [0.15, 0.2) is 0 Å². The molecule has 0 bridgehead atoms. The van der Waals surface area contributed by atoms with Crippen LogP contribution in [-0.2, 0) is 0 Å². The van der Waals surface area contributed by atoms with Crippen molar-refractivity contribution in [1.29, 1.82) is 0 Å². The summed E-state index contributed by atoms with van der Waals surface area (Å²) < 4.78 is 5.65. The second-order valence-corrected chi connectivity index (χ2v) is 3.56. The molecule has 1 atom stereocenters. The van der Waals surface area contributed by atoms with E-state index in [1.54, 1.807) is 0 Å². The summed E-state index contributed by atoms with van der Waals surface area (Å²) >= 11 is 5.47. The van der Waals surface area contributed by atoms with E-state index in [-0.39, 0.29) is 6.10 Å². The van der Waals surface area contributed by atoms with Crippen LogP contribution in [-0.4, -0.2) is 12.0 Å². The van der Waals surface area contributed by atoms with Crippen LogP contribution in [0, 0.1) is 11.8 Å². The predicted octanol–water partition coefficient (Wildman–Crippen LogP) is 3.45. The lowest BCUT2D eigenvalue weighted by atomic mass is 10.2. The minimum Gasteiger partial charge on any atom is -0.491 e. The Hall–Kier alpha value is -1.13. The molecule has 0 saturated heterocycles. The van der Waals surface area contributed by atoms with Crippen LogP contribution < -0.4 is 4.74 Å². The predicted molar refractivity (Wildman–Crippen MR) is 64.4 cm³/mol. The Balaban J connectivity index is 2.64.